The van der Waals surface area contributed by atoms with E-state index < -0.39 is 11.0 Å². The summed E-state index contributed by atoms with van der Waals surface area (Å²) in [5.41, 5.74) is 3.23. The van der Waals surface area contributed by atoms with Crippen LogP contribution < -0.4 is 10.6 Å². The number of carbonyl (C=O) groups excluding carboxylic acids is 1. The number of rotatable bonds is 5. The Bertz CT molecular complexity index is 707. The van der Waals surface area contributed by atoms with Gasteiger partial charge in [0, 0.05) is 23.5 Å². The first-order valence-electron chi connectivity index (χ1n) is 7.48. The smallest absolute Gasteiger partial charge is 0.307 e. The minimum atomic E-state index is -0.495. The van der Waals surface area contributed by atoms with Gasteiger partial charge >= 0.3 is 6.03 Å². The number of nitrogens with one attached hydrogen (secondary N) is 2. The summed E-state index contributed by atoms with van der Waals surface area (Å²) in [5.74, 6) is 0. The van der Waals surface area contributed by atoms with E-state index in [4.69, 9.17) is 0 Å². The van der Waals surface area contributed by atoms with Crippen molar-refractivity contribution in [2.45, 2.75) is 26.7 Å². The van der Waals surface area contributed by atoms with Crippen LogP contribution in [0.1, 0.15) is 25.0 Å². The minimum absolute atomic E-state index is 0.0639. The SMILES string of the molecule is CCc1cccc(CC)c1NC(=O)Nc1cccc([N+](=O)[O-])c1. The Labute approximate surface area is 134 Å². The maximum absolute atomic E-state index is 12.2. The summed E-state index contributed by atoms with van der Waals surface area (Å²) in [6.07, 6.45) is 1.61. The van der Waals surface area contributed by atoms with E-state index in [0.29, 0.717) is 5.69 Å². The quantitative estimate of drug-likeness (QED) is 0.635. The lowest BCUT2D eigenvalue weighted by Gasteiger charge is -2.15. The Hall–Kier alpha value is -2.89. The van der Waals surface area contributed by atoms with Crippen molar-refractivity contribution in [1.29, 1.82) is 0 Å². The minimum Gasteiger partial charge on any atom is -0.307 e. The lowest BCUT2D eigenvalue weighted by Crippen LogP contribution is -2.21. The number of hydrogen-bond donors (Lipinski definition) is 2. The molecule has 6 heteroatoms. The van der Waals surface area contributed by atoms with Gasteiger partial charge in [-0.3, -0.25) is 10.1 Å². The molecule has 0 radical (unpaired) electrons. The third-order valence-corrected chi connectivity index (χ3v) is 3.55. The van der Waals surface area contributed by atoms with Crippen LogP contribution in [0, 0.1) is 10.1 Å². The number of nitro benzene ring substituents is 1. The summed E-state index contributed by atoms with van der Waals surface area (Å²) in [7, 11) is 0. The molecule has 2 N–H and O–H groups in total. The normalized spacial score (nSPS) is 10.2. The summed E-state index contributed by atoms with van der Waals surface area (Å²) in [4.78, 5) is 22.5. The molecule has 0 aliphatic carbocycles. The number of amides is 2. The monoisotopic (exact) mass is 313 g/mol. The van der Waals surface area contributed by atoms with Gasteiger partial charge in [0.25, 0.3) is 5.69 Å². The Balaban J connectivity index is 2.17. The second-order valence-electron chi connectivity index (χ2n) is 5.04. The molecule has 2 aromatic rings. The Kier molecular flexibility index (Phi) is 5.30. The van der Waals surface area contributed by atoms with Crippen molar-refractivity contribution in [2.24, 2.45) is 0 Å². The highest BCUT2D eigenvalue weighted by Crippen LogP contribution is 2.23. The molecule has 0 atom stereocenters. The maximum atomic E-state index is 12.2. The van der Waals surface area contributed by atoms with Crippen LogP contribution in [-0.2, 0) is 12.8 Å². The predicted molar refractivity (Wildman–Crippen MR) is 90.9 cm³/mol. The first kappa shape index (κ1) is 16.5. The summed E-state index contributed by atoms with van der Waals surface area (Å²) in [6.45, 7) is 4.05. The van der Waals surface area contributed by atoms with E-state index in [0.717, 1.165) is 29.7 Å². The van der Waals surface area contributed by atoms with Crippen molar-refractivity contribution in [3.8, 4) is 0 Å². The summed E-state index contributed by atoms with van der Waals surface area (Å²) < 4.78 is 0. The third kappa shape index (κ3) is 4.06. The molecule has 2 amide bonds. The van der Waals surface area contributed by atoms with Crippen LogP contribution >= 0.6 is 0 Å². The highest BCUT2D eigenvalue weighted by molar-refractivity contribution is 6.00. The fourth-order valence-corrected chi connectivity index (χ4v) is 2.38. The van der Waals surface area contributed by atoms with Gasteiger partial charge in [-0.25, -0.2) is 4.79 Å². The number of aryl methyl sites for hydroxylation is 2. The van der Waals surface area contributed by atoms with Gasteiger partial charge in [0.15, 0.2) is 0 Å². The van der Waals surface area contributed by atoms with Gasteiger partial charge in [0.05, 0.1) is 4.92 Å². The third-order valence-electron chi connectivity index (χ3n) is 3.55. The zero-order valence-corrected chi connectivity index (χ0v) is 13.1. The second kappa shape index (κ2) is 7.40. The van der Waals surface area contributed by atoms with Crippen LogP contribution in [0.15, 0.2) is 42.5 Å². The number of nitrogens with zero attached hydrogens (tertiary/aromatic N) is 1. The van der Waals surface area contributed by atoms with E-state index >= 15 is 0 Å². The van der Waals surface area contributed by atoms with Crippen LogP contribution in [0.4, 0.5) is 21.9 Å². The van der Waals surface area contributed by atoms with Gasteiger partial charge in [0.1, 0.15) is 0 Å². The Morgan fingerprint density at radius 2 is 1.65 bits per heavy atom. The molecule has 23 heavy (non-hydrogen) atoms. The first-order valence-corrected chi connectivity index (χ1v) is 7.48. The van der Waals surface area contributed by atoms with Gasteiger partial charge in [-0.05, 0) is 30.0 Å². The van der Waals surface area contributed by atoms with Crippen molar-refractivity contribution < 1.29 is 9.72 Å². The maximum Gasteiger partial charge on any atom is 0.323 e. The summed E-state index contributed by atoms with van der Waals surface area (Å²) in [5, 5.41) is 16.3. The number of nitro groups is 1. The standard InChI is InChI=1S/C17H19N3O3/c1-3-12-7-5-8-13(4-2)16(12)19-17(21)18-14-9-6-10-15(11-14)20(22)23/h5-11H,3-4H2,1-2H3,(H2,18,19,21). The van der Waals surface area contributed by atoms with Crippen molar-refractivity contribution in [3.05, 3.63) is 63.7 Å². The van der Waals surface area contributed by atoms with Gasteiger partial charge in [0.2, 0.25) is 0 Å². The number of anilines is 2. The number of urea groups is 1. The van der Waals surface area contributed by atoms with Gasteiger partial charge < -0.3 is 10.6 Å². The fraction of sp³-hybridized carbons (Fsp3) is 0.235. The lowest BCUT2D eigenvalue weighted by atomic mass is 10.0. The number of non-ortho nitro benzene ring substituents is 1. The molecule has 6 nitrogen and oxygen atoms in total. The Morgan fingerprint density at radius 1 is 1.04 bits per heavy atom. The van der Waals surface area contributed by atoms with E-state index in [2.05, 4.69) is 10.6 Å². The molecule has 0 spiro atoms. The number of benzene rings is 2. The highest BCUT2D eigenvalue weighted by Gasteiger charge is 2.11. The van der Waals surface area contributed by atoms with Crippen LogP contribution in [0.3, 0.4) is 0 Å². The zero-order valence-electron chi connectivity index (χ0n) is 13.1. The molecule has 2 rings (SSSR count). The van der Waals surface area contributed by atoms with Crippen molar-refractivity contribution in [1.82, 2.24) is 0 Å². The predicted octanol–water partition coefficient (Wildman–Crippen LogP) is 4.36. The topological polar surface area (TPSA) is 84.3 Å². The molecule has 2 aromatic carbocycles. The van der Waals surface area contributed by atoms with E-state index in [1.165, 1.54) is 18.2 Å². The van der Waals surface area contributed by atoms with Crippen molar-refractivity contribution in [3.63, 3.8) is 0 Å². The molecule has 0 aliphatic heterocycles. The van der Waals surface area contributed by atoms with Crippen LogP contribution in [0.2, 0.25) is 0 Å². The molecule has 120 valence electrons. The molecule has 0 unspecified atom stereocenters. The number of carbonyl (C=O) groups is 1. The molecular formula is C17H19N3O3. The molecule has 0 aromatic heterocycles. The fourth-order valence-electron chi connectivity index (χ4n) is 2.38. The first-order chi connectivity index (χ1) is 11.0. The zero-order chi connectivity index (χ0) is 16.8. The molecule has 0 bridgehead atoms. The van der Waals surface area contributed by atoms with E-state index in [1.54, 1.807) is 6.07 Å². The molecular weight excluding hydrogens is 294 g/mol. The van der Waals surface area contributed by atoms with Gasteiger partial charge in [-0.2, -0.15) is 0 Å². The van der Waals surface area contributed by atoms with E-state index in [-0.39, 0.29) is 5.69 Å². The number of hydrogen-bond acceptors (Lipinski definition) is 3. The Morgan fingerprint density at radius 3 is 2.22 bits per heavy atom. The summed E-state index contributed by atoms with van der Waals surface area (Å²) in [6, 6.07) is 11.4. The van der Waals surface area contributed by atoms with Gasteiger partial charge in [-0.1, -0.05) is 38.1 Å². The number of para-hydroxylation sites is 1. The largest absolute Gasteiger partial charge is 0.323 e. The van der Waals surface area contributed by atoms with E-state index in [9.17, 15) is 14.9 Å². The summed E-state index contributed by atoms with van der Waals surface area (Å²) >= 11 is 0. The molecule has 0 saturated heterocycles. The van der Waals surface area contributed by atoms with Crippen molar-refractivity contribution in [2.75, 3.05) is 10.6 Å². The average Bonchev–Trinajstić information content (AvgIpc) is 2.55. The molecule has 0 fully saturated rings. The average molecular weight is 313 g/mol. The van der Waals surface area contributed by atoms with Crippen molar-refractivity contribution >= 4 is 23.1 Å². The van der Waals surface area contributed by atoms with Crippen LogP contribution in [-0.4, -0.2) is 11.0 Å². The van der Waals surface area contributed by atoms with Gasteiger partial charge in [-0.15, -0.1) is 0 Å². The molecule has 0 aliphatic rings. The highest BCUT2D eigenvalue weighted by atomic mass is 16.6. The second-order valence-corrected chi connectivity index (χ2v) is 5.04. The van der Waals surface area contributed by atoms with Crippen LogP contribution in [0.5, 0.6) is 0 Å². The van der Waals surface area contributed by atoms with Crippen LogP contribution in [0.25, 0.3) is 0 Å². The molecule has 0 heterocycles. The van der Waals surface area contributed by atoms with E-state index in [1.807, 2.05) is 32.0 Å². The lowest BCUT2D eigenvalue weighted by molar-refractivity contribution is -0.384. The molecule has 0 saturated carbocycles.